The van der Waals surface area contributed by atoms with Crippen LogP contribution in [-0.4, -0.2) is 17.9 Å². The van der Waals surface area contributed by atoms with E-state index < -0.39 is 17.9 Å². The van der Waals surface area contributed by atoms with Gasteiger partial charge in [0.15, 0.2) is 0 Å². The summed E-state index contributed by atoms with van der Waals surface area (Å²) in [7, 11) is 13.9. The third-order valence-electron chi connectivity index (χ3n) is 3.35. The molecule has 0 spiro atoms. The van der Waals surface area contributed by atoms with Gasteiger partial charge in [0.2, 0.25) is 0 Å². The van der Waals surface area contributed by atoms with Crippen LogP contribution in [0.2, 0.25) is 0 Å². The second kappa shape index (κ2) is 6.57. The van der Waals surface area contributed by atoms with Crippen LogP contribution >= 0.6 is 17.0 Å². The Bertz CT molecular complexity index is 515. The summed E-state index contributed by atoms with van der Waals surface area (Å²) in [5, 5.41) is 0. The van der Waals surface area contributed by atoms with Gasteiger partial charge in [-0.25, -0.2) is 0 Å². The van der Waals surface area contributed by atoms with E-state index in [0.29, 0.717) is 0 Å². The van der Waals surface area contributed by atoms with Gasteiger partial charge in [-0.1, -0.05) is 0 Å². The van der Waals surface area contributed by atoms with E-state index in [1.165, 1.54) is 17.7 Å². The van der Waals surface area contributed by atoms with E-state index in [4.69, 9.17) is 17.0 Å². The average molecular weight is 490 g/mol. The molecule has 0 fully saturated rings. The Hall–Kier alpha value is -0.0969. The molecule has 0 nitrogen and oxygen atoms in total. The van der Waals surface area contributed by atoms with Gasteiger partial charge < -0.3 is 0 Å². The first-order valence-corrected chi connectivity index (χ1v) is 18.6. The molecule has 2 rings (SSSR count). The summed E-state index contributed by atoms with van der Waals surface area (Å²) >= 11 is -3.55. The Morgan fingerprint density at radius 1 is 0.737 bits per heavy atom. The molecule has 19 heavy (non-hydrogen) atoms. The van der Waals surface area contributed by atoms with Gasteiger partial charge in [-0.2, -0.15) is 0 Å². The van der Waals surface area contributed by atoms with E-state index in [1.54, 1.807) is 0 Å². The predicted octanol–water partition coefficient (Wildman–Crippen LogP) is 3.85. The van der Waals surface area contributed by atoms with Crippen molar-refractivity contribution < 1.29 is 0 Å². The molecular formula is C16H18BiCl2. The Kier molecular flexibility index (Phi) is 5.29. The first kappa shape index (κ1) is 15.3. The van der Waals surface area contributed by atoms with Crippen molar-refractivity contribution >= 4 is 41.4 Å². The van der Waals surface area contributed by atoms with Crippen LogP contribution in [-0.2, 0) is 12.8 Å². The first-order valence-electron chi connectivity index (χ1n) is 6.56. The van der Waals surface area contributed by atoms with Crippen LogP contribution in [0.1, 0.15) is 25.0 Å². The van der Waals surface area contributed by atoms with Crippen LogP contribution < -0.4 is 6.54 Å². The van der Waals surface area contributed by atoms with Crippen molar-refractivity contribution in [1.29, 1.82) is 0 Å². The van der Waals surface area contributed by atoms with E-state index >= 15 is 0 Å². The van der Waals surface area contributed by atoms with Gasteiger partial charge in [0.1, 0.15) is 0 Å². The van der Waals surface area contributed by atoms with Gasteiger partial charge in [0, 0.05) is 0 Å². The molecule has 0 N–H and O–H groups in total. The summed E-state index contributed by atoms with van der Waals surface area (Å²) in [5.74, 6) is 0. The summed E-state index contributed by atoms with van der Waals surface area (Å²) in [6, 6.07) is 16.7. The second-order valence-electron chi connectivity index (χ2n) is 4.48. The number of benzene rings is 2. The molecule has 3 heteroatoms. The summed E-state index contributed by atoms with van der Waals surface area (Å²) in [6.45, 7) is 4.31. The minimum absolute atomic E-state index is 0.976. The van der Waals surface area contributed by atoms with Crippen molar-refractivity contribution in [3.8, 4) is 0 Å². The fraction of sp³-hybridized carbons (Fsp3) is 0.250. The number of rotatable bonds is 4. The number of aryl methyl sites for hydroxylation is 2. The molecule has 0 bridgehead atoms. The molecule has 2 aromatic rings. The first-order chi connectivity index (χ1) is 9.11. The van der Waals surface area contributed by atoms with Crippen molar-refractivity contribution in [3.63, 3.8) is 0 Å². The normalized spacial score (nSPS) is 11.6. The number of hydrogen-bond donors (Lipinski definition) is 0. The molecule has 0 aliphatic carbocycles. The molecule has 0 saturated heterocycles. The van der Waals surface area contributed by atoms with E-state index in [9.17, 15) is 0 Å². The minimum atomic E-state index is -3.55. The zero-order valence-corrected chi connectivity index (χ0v) is 16.2. The molecule has 0 aliphatic rings. The van der Waals surface area contributed by atoms with E-state index in [1.807, 2.05) is 12.1 Å². The molecule has 0 unspecified atom stereocenters. The van der Waals surface area contributed by atoms with Gasteiger partial charge in [-0.15, -0.1) is 0 Å². The summed E-state index contributed by atoms with van der Waals surface area (Å²) in [6.07, 6.45) is 1.95. The van der Waals surface area contributed by atoms with Crippen LogP contribution in [0.4, 0.5) is 0 Å². The van der Waals surface area contributed by atoms with Crippen LogP contribution in [0, 0.1) is 0 Å². The Morgan fingerprint density at radius 3 is 1.47 bits per heavy atom. The van der Waals surface area contributed by atoms with E-state index in [-0.39, 0.29) is 0 Å². The number of hydrogen-bond acceptors (Lipinski definition) is 0. The quantitative estimate of drug-likeness (QED) is 0.572. The van der Waals surface area contributed by atoms with Gasteiger partial charge in [-0.05, 0) is 0 Å². The fourth-order valence-corrected chi connectivity index (χ4v) is 15.8. The van der Waals surface area contributed by atoms with Gasteiger partial charge >= 0.3 is 128 Å². The zero-order chi connectivity index (χ0) is 13.9. The van der Waals surface area contributed by atoms with Gasteiger partial charge in [0.25, 0.3) is 0 Å². The molecule has 0 atom stereocenters. The molecule has 0 saturated carbocycles. The topological polar surface area (TPSA) is 0 Å². The van der Waals surface area contributed by atoms with Crippen molar-refractivity contribution in [1.82, 2.24) is 0 Å². The van der Waals surface area contributed by atoms with Crippen molar-refractivity contribution in [2.75, 3.05) is 0 Å². The number of halogens is 2. The van der Waals surface area contributed by atoms with Crippen LogP contribution in [0.25, 0.3) is 0 Å². The molecular weight excluding hydrogens is 472 g/mol. The van der Waals surface area contributed by atoms with Crippen LogP contribution in [0.3, 0.4) is 0 Å². The van der Waals surface area contributed by atoms with Gasteiger partial charge in [-0.3, -0.25) is 0 Å². The Labute approximate surface area is 127 Å². The van der Waals surface area contributed by atoms with E-state index in [0.717, 1.165) is 12.8 Å². The van der Waals surface area contributed by atoms with E-state index in [2.05, 4.69) is 50.2 Å². The third kappa shape index (κ3) is 3.15. The zero-order valence-electron chi connectivity index (χ0n) is 11.2. The average Bonchev–Trinajstić information content (AvgIpc) is 2.47. The molecule has 1 radical (unpaired) electrons. The summed E-state index contributed by atoms with van der Waals surface area (Å²) < 4.78 is 2.41. The van der Waals surface area contributed by atoms with Crippen LogP contribution in [0.15, 0.2) is 48.5 Å². The molecule has 0 aliphatic heterocycles. The fourth-order valence-electron chi connectivity index (χ4n) is 2.30. The van der Waals surface area contributed by atoms with Crippen molar-refractivity contribution in [2.24, 2.45) is 0 Å². The maximum absolute atomic E-state index is 6.94. The predicted molar refractivity (Wildman–Crippen MR) is 88.4 cm³/mol. The molecule has 101 valence electrons. The Morgan fingerprint density at radius 2 is 1.11 bits per heavy atom. The monoisotopic (exact) mass is 489 g/mol. The SMILES string of the molecule is CCc1cccc[c]1[Bi]([Cl])([Cl])[c]1ccccc1CC. The van der Waals surface area contributed by atoms with Crippen molar-refractivity contribution in [3.05, 3.63) is 59.7 Å². The summed E-state index contributed by atoms with van der Waals surface area (Å²) in [4.78, 5) is 0. The standard InChI is InChI=1S/2C8H9.Bi.2ClH/c2*1-2-8-6-4-3-5-7-8;;;/h2*3-6H,2H2,1H3;;2*1H/q;;+2;;/p-2. The summed E-state index contributed by atoms with van der Waals surface area (Å²) in [5.41, 5.74) is 2.58. The van der Waals surface area contributed by atoms with Gasteiger partial charge in [0.05, 0.1) is 0 Å². The molecule has 2 aromatic carbocycles. The van der Waals surface area contributed by atoms with Crippen LogP contribution in [0.5, 0.6) is 0 Å². The second-order valence-corrected chi connectivity index (χ2v) is 22.6. The Balaban J connectivity index is 2.58. The third-order valence-corrected chi connectivity index (χ3v) is 17.8. The molecule has 0 amide bonds. The molecule has 0 aromatic heterocycles. The van der Waals surface area contributed by atoms with Crippen molar-refractivity contribution in [2.45, 2.75) is 26.7 Å². The molecule has 0 heterocycles. The maximum atomic E-state index is 6.94.